The number of pyridine rings is 1. The van der Waals surface area contributed by atoms with Crippen LogP contribution in [0.25, 0.3) is 16.9 Å². The van der Waals surface area contributed by atoms with Crippen LogP contribution in [0.4, 0.5) is 15.2 Å². The third-order valence-corrected chi connectivity index (χ3v) is 6.21. The van der Waals surface area contributed by atoms with Crippen molar-refractivity contribution in [2.75, 3.05) is 18.9 Å². The Morgan fingerprint density at radius 3 is 2.76 bits per heavy atom. The number of aromatic nitrogens is 4. The molecule has 0 aliphatic carbocycles. The number of hydrogen-bond acceptors (Lipinski definition) is 9. The molecular weight excluding hydrogens is 499 g/mol. The standard InChI is InChI=1S/C24H23FN8O3S/c1-24(2,36)20(25)11-29-21(34)15-10-28-17(19-5-4-14-6-13(8-26)9-30-33(14)19)7-16(15)31-23-32-18(12-37-23)22(35)27-3/h4-7,9-10,12,20,36H,11H2,1-3H3,(H,27,35)(H,29,34)(H,28,31,32). The average molecular weight is 523 g/mol. The van der Waals surface area contributed by atoms with Crippen LogP contribution in [0.15, 0.2) is 42.0 Å². The summed E-state index contributed by atoms with van der Waals surface area (Å²) in [6.07, 6.45) is 1.08. The molecule has 190 valence electrons. The Bertz CT molecular complexity index is 1520. The number of hydrogen-bond donors (Lipinski definition) is 4. The minimum absolute atomic E-state index is 0.101. The Labute approximate surface area is 215 Å². The smallest absolute Gasteiger partial charge is 0.270 e. The Hall–Kier alpha value is -4.41. The number of halogens is 1. The van der Waals surface area contributed by atoms with Crippen LogP contribution in [0.1, 0.15) is 40.3 Å². The molecule has 0 bridgehead atoms. The molecule has 0 aliphatic rings. The molecule has 37 heavy (non-hydrogen) atoms. The first-order valence-corrected chi connectivity index (χ1v) is 12.0. The predicted molar refractivity (Wildman–Crippen MR) is 135 cm³/mol. The summed E-state index contributed by atoms with van der Waals surface area (Å²) >= 11 is 1.16. The highest BCUT2D eigenvalue weighted by Crippen LogP contribution is 2.29. The van der Waals surface area contributed by atoms with Gasteiger partial charge in [0.2, 0.25) is 0 Å². The van der Waals surface area contributed by atoms with E-state index in [1.807, 2.05) is 6.07 Å². The quantitative estimate of drug-likeness (QED) is 0.275. The summed E-state index contributed by atoms with van der Waals surface area (Å²) in [5, 5.41) is 33.2. The van der Waals surface area contributed by atoms with Gasteiger partial charge < -0.3 is 21.1 Å². The van der Waals surface area contributed by atoms with Gasteiger partial charge in [0, 0.05) is 18.6 Å². The lowest BCUT2D eigenvalue weighted by atomic mass is 10.0. The maximum absolute atomic E-state index is 14.2. The molecule has 4 aromatic rings. The van der Waals surface area contributed by atoms with Crippen LogP contribution in [0, 0.1) is 11.3 Å². The monoisotopic (exact) mass is 522 g/mol. The molecule has 0 saturated heterocycles. The van der Waals surface area contributed by atoms with Gasteiger partial charge in [-0.15, -0.1) is 11.3 Å². The second-order valence-corrected chi connectivity index (χ2v) is 9.46. The van der Waals surface area contributed by atoms with Crippen LogP contribution < -0.4 is 16.0 Å². The molecule has 0 aromatic carbocycles. The van der Waals surface area contributed by atoms with Crippen molar-refractivity contribution < 1.29 is 19.1 Å². The second-order valence-electron chi connectivity index (χ2n) is 8.60. The normalized spacial score (nSPS) is 12.1. The number of rotatable bonds is 8. The van der Waals surface area contributed by atoms with E-state index in [1.165, 1.54) is 33.3 Å². The molecule has 0 saturated carbocycles. The fraction of sp³-hybridized carbons (Fsp3) is 0.250. The van der Waals surface area contributed by atoms with Gasteiger partial charge in [-0.1, -0.05) is 0 Å². The van der Waals surface area contributed by atoms with Crippen molar-refractivity contribution in [1.82, 2.24) is 30.2 Å². The van der Waals surface area contributed by atoms with Crippen molar-refractivity contribution in [3.63, 3.8) is 0 Å². The van der Waals surface area contributed by atoms with Gasteiger partial charge in [0.05, 0.1) is 52.1 Å². The van der Waals surface area contributed by atoms with Gasteiger partial charge in [-0.2, -0.15) is 10.4 Å². The second kappa shape index (κ2) is 10.3. The molecule has 4 N–H and O–H groups in total. The van der Waals surface area contributed by atoms with Gasteiger partial charge in [-0.25, -0.2) is 13.9 Å². The van der Waals surface area contributed by atoms with Crippen LogP contribution in [0.3, 0.4) is 0 Å². The average Bonchev–Trinajstić information content (AvgIpc) is 3.52. The third kappa shape index (κ3) is 5.55. The number of nitrogens with zero attached hydrogens (tertiary/aromatic N) is 5. The zero-order valence-electron chi connectivity index (χ0n) is 20.1. The van der Waals surface area contributed by atoms with Gasteiger partial charge in [0.25, 0.3) is 11.8 Å². The fourth-order valence-corrected chi connectivity index (χ4v) is 4.04. The molecule has 11 nitrogen and oxygen atoms in total. The fourth-order valence-electron chi connectivity index (χ4n) is 3.34. The molecule has 0 aliphatic heterocycles. The van der Waals surface area contributed by atoms with Crippen molar-refractivity contribution in [3.05, 3.63) is 58.9 Å². The van der Waals surface area contributed by atoms with Crippen LogP contribution in [0.5, 0.6) is 0 Å². The number of nitrogens with one attached hydrogen (secondary N) is 3. The minimum atomic E-state index is -1.69. The van der Waals surface area contributed by atoms with E-state index in [0.717, 1.165) is 11.3 Å². The highest BCUT2D eigenvalue weighted by molar-refractivity contribution is 7.14. The topological polar surface area (TPSA) is 157 Å². The first-order chi connectivity index (χ1) is 17.6. The molecule has 2 amide bonds. The van der Waals surface area contributed by atoms with Gasteiger partial charge in [-0.3, -0.25) is 14.6 Å². The van der Waals surface area contributed by atoms with Crippen LogP contribution in [-0.2, 0) is 0 Å². The number of carbonyl (C=O) groups excluding carboxylic acids is 2. The van der Waals surface area contributed by atoms with E-state index < -0.39 is 24.2 Å². The molecular formula is C24H23FN8O3S. The van der Waals surface area contributed by atoms with Crippen molar-refractivity contribution >= 4 is 39.5 Å². The van der Waals surface area contributed by atoms with Crippen molar-refractivity contribution in [2.45, 2.75) is 25.6 Å². The number of thiazole rings is 1. The molecule has 1 unspecified atom stereocenters. The summed E-state index contributed by atoms with van der Waals surface area (Å²) in [7, 11) is 1.49. The van der Waals surface area contributed by atoms with Gasteiger partial charge in [-0.05, 0) is 38.1 Å². The number of alkyl halides is 1. The SMILES string of the molecule is CNC(=O)c1csc(Nc2cc(-c3ccc4cc(C#N)cnn34)ncc2C(=O)NCC(F)C(C)(C)O)n1. The Kier molecular flexibility index (Phi) is 7.14. The summed E-state index contributed by atoms with van der Waals surface area (Å²) < 4.78 is 15.8. The van der Waals surface area contributed by atoms with Crippen molar-refractivity contribution in [2.24, 2.45) is 0 Å². The summed E-state index contributed by atoms with van der Waals surface area (Å²) in [6, 6.07) is 8.90. The third-order valence-electron chi connectivity index (χ3n) is 5.45. The van der Waals surface area contributed by atoms with E-state index in [2.05, 4.69) is 31.0 Å². The van der Waals surface area contributed by atoms with Crippen LogP contribution in [0.2, 0.25) is 0 Å². The number of carbonyl (C=O) groups is 2. The zero-order chi connectivity index (χ0) is 26.7. The van der Waals surface area contributed by atoms with Crippen molar-refractivity contribution in [1.29, 1.82) is 5.26 Å². The number of fused-ring (bicyclic) bond motifs is 1. The Morgan fingerprint density at radius 2 is 2.05 bits per heavy atom. The van der Waals surface area contributed by atoms with E-state index in [4.69, 9.17) is 5.26 Å². The van der Waals surface area contributed by atoms with Gasteiger partial charge >= 0.3 is 0 Å². The van der Waals surface area contributed by atoms with E-state index in [0.29, 0.717) is 33.3 Å². The maximum Gasteiger partial charge on any atom is 0.270 e. The highest BCUT2D eigenvalue weighted by atomic mass is 32.1. The van der Waals surface area contributed by atoms with E-state index >= 15 is 0 Å². The molecule has 4 heterocycles. The molecule has 0 radical (unpaired) electrons. The van der Waals surface area contributed by atoms with E-state index in [9.17, 15) is 19.1 Å². The lowest BCUT2D eigenvalue weighted by Gasteiger charge is -2.22. The molecule has 4 rings (SSSR count). The minimum Gasteiger partial charge on any atom is -0.387 e. The van der Waals surface area contributed by atoms with Crippen LogP contribution in [-0.4, -0.2) is 61.9 Å². The molecule has 0 fully saturated rings. The summed E-state index contributed by atoms with van der Waals surface area (Å²) in [5.74, 6) is -0.978. The van der Waals surface area contributed by atoms with E-state index in [-0.39, 0.29) is 17.2 Å². The Balaban J connectivity index is 1.71. The maximum atomic E-state index is 14.2. The lowest BCUT2D eigenvalue weighted by molar-refractivity contribution is -0.00177. The summed E-state index contributed by atoms with van der Waals surface area (Å²) in [5.41, 5.74) is 1.14. The van der Waals surface area contributed by atoms with Gasteiger partial charge in [0.1, 0.15) is 17.9 Å². The first-order valence-electron chi connectivity index (χ1n) is 11.1. The van der Waals surface area contributed by atoms with Crippen molar-refractivity contribution in [3.8, 4) is 17.5 Å². The van der Waals surface area contributed by atoms with E-state index in [1.54, 1.807) is 34.2 Å². The van der Waals surface area contributed by atoms with Crippen LogP contribution >= 0.6 is 11.3 Å². The summed E-state index contributed by atoms with van der Waals surface area (Å²) in [4.78, 5) is 33.5. The molecule has 4 aromatic heterocycles. The number of amides is 2. The number of nitriles is 1. The number of aliphatic hydroxyl groups is 1. The summed E-state index contributed by atoms with van der Waals surface area (Å²) in [6.45, 7) is 2.22. The zero-order valence-corrected chi connectivity index (χ0v) is 20.9. The van der Waals surface area contributed by atoms with Gasteiger partial charge in [0.15, 0.2) is 5.13 Å². The molecule has 1 atom stereocenters. The highest BCUT2D eigenvalue weighted by Gasteiger charge is 2.27. The number of anilines is 2. The largest absolute Gasteiger partial charge is 0.387 e. The first kappa shape index (κ1) is 25.7. The lowest BCUT2D eigenvalue weighted by Crippen LogP contribution is -2.42. The predicted octanol–water partition coefficient (Wildman–Crippen LogP) is 2.67. The molecule has 13 heteroatoms. The molecule has 0 spiro atoms. The Morgan fingerprint density at radius 1 is 1.27 bits per heavy atom.